The summed E-state index contributed by atoms with van der Waals surface area (Å²) in [7, 11) is 0. The van der Waals surface area contributed by atoms with E-state index in [0.29, 0.717) is 12.1 Å². The molecule has 0 aromatic heterocycles. The molecule has 0 spiro atoms. The molecule has 1 aliphatic carbocycles. The first-order valence-electron chi connectivity index (χ1n) is 7.29. The van der Waals surface area contributed by atoms with Crippen molar-refractivity contribution in [3.63, 3.8) is 0 Å². The number of hydrogen-bond donors (Lipinski definition) is 1. The van der Waals surface area contributed by atoms with E-state index >= 15 is 0 Å². The molecule has 18 heavy (non-hydrogen) atoms. The maximum absolute atomic E-state index is 3.63. The second-order valence-corrected chi connectivity index (χ2v) is 6.09. The van der Waals surface area contributed by atoms with Crippen molar-refractivity contribution in [3.8, 4) is 0 Å². The smallest absolute Gasteiger partial charge is 0.0169 e. The first-order valence-corrected chi connectivity index (χ1v) is 7.29. The molecule has 0 amide bonds. The maximum Gasteiger partial charge on any atom is 0.0169 e. The number of fused-ring (bicyclic) bond motifs is 1. The topological polar surface area (TPSA) is 15.3 Å². The Kier molecular flexibility index (Phi) is 3.40. The highest BCUT2D eigenvalue weighted by Crippen LogP contribution is 2.25. The number of hydrogen-bond acceptors (Lipinski definition) is 2. The highest BCUT2D eigenvalue weighted by atomic mass is 15.2. The van der Waals surface area contributed by atoms with Crippen molar-refractivity contribution in [2.24, 2.45) is 0 Å². The second kappa shape index (κ2) is 5.02. The lowest BCUT2D eigenvalue weighted by atomic mass is 9.87. The van der Waals surface area contributed by atoms with Crippen LogP contribution in [0.5, 0.6) is 0 Å². The molecule has 3 rings (SSSR count). The van der Waals surface area contributed by atoms with E-state index in [0.717, 1.165) is 6.04 Å². The van der Waals surface area contributed by atoms with Gasteiger partial charge in [-0.15, -0.1) is 0 Å². The average molecular weight is 244 g/mol. The number of rotatable bonds is 1. The minimum Gasteiger partial charge on any atom is -0.309 e. The van der Waals surface area contributed by atoms with E-state index in [1.807, 2.05) is 0 Å². The molecule has 1 aliphatic heterocycles. The van der Waals surface area contributed by atoms with Crippen LogP contribution in [0, 0.1) is 0 Å². The third-order valence-electron chi connectivity index (χ3n) is 4.42. The van der Waals surface area contributed by atoms with Crippen molar-refractivity contribution < 1.29 is 0 Å². The summed E-state index contributed by atoms with van der Waals surface area (Å²) >= 11 is 0. The van der Waals surface area contributed by atoms with Gasteiger partial charge in [0.25, 0.3) is 0 Å². The highest BCUT2D eigenvalue weighted by molar-refractivity contribution is 5.30. The van der Waals surface area contributed by atoms with E-state index in [9.17, 15) is 0 Å². The van der Waals surface area contributed by atoms with Crippen molar-refractivity contribution in [2.75, 3.05) is 13.1 Å². The van der Waals surface area contributed by atoms with Gasteiger partial charge in [-0.3, -0.25) is 4.90 Å². The van der Waals surface area contributed by atoms with Crippen LogP contribution in [-0.2, 0) is 12.8 Å². The molecule has 2 nitrogen and oxygen atoms in total. The third kappa shape index (κ3) is 2.45. The van der Waals surface area contributed by atoms with Gasteiger partial charge in [0.15, 0.2) is 0 Å². The van der Waals surface area contributed by atoms with Crippen LogP contribution in [0.25, 0.3) is 0 Å². The molecule has 1 aromatic carbocycles. The monoisotopic (exact) mass is 244 g/mol. The fraction of sp³-hybridized carbons (Fsp3) is 0.625. The third-order valence-corrected chi connectivity index (χ3v) is 4.42. The van der Waals surface area contributed by atoms with E-state index in [2.05, 4.69) is 48.3 Å². The Labute approximate surface area is 110 Å². The van der Waals surface area contributed by atoms with Gasteiger partial charge in [-0.05, 0) is 44.2 Å². The van der Waals surface area contributed by atoms with Gasteiger partial charge >= 0.3 is 0 Å². The lowest BCUT2D eigenvalue weighted by Gasteiger charge is -2.42. The molecule has 0 bridgehead atoms. The Bertz CT molecular complexity index is 405. The van der Waals surface area contributed by atoms with Gasteiger partial charge in [0, 0.05) is 31.2 Å². The summed E-state index contributed by atoms with van der Waals surface area (Å²) in [6.45, 7) is 7.02. The fourth-order valence-corrected chi connectivity index (χ4v) is 3.66. The summed E-state index contributed by atoms with van der Waals surface area (Å²) < 4.78 is 0. The van der Waals surface area contributed by atoms with Crippen LogP contribution in [0.3, 0.4) is 0 Å². The standard InChI is InChI=1S/C16H24N2/c1-12-10-18(11-13(2)17-12)16-8-7-14-5-3-4-6-15(14)9-16/h3-6,12-13,16-17H,7-11H2,1-2H3. The van der Waals surface area contributed by atoms with Crippen LogP contribution >= 0.6 is 0 Å². The predicted octanol–water partition coefficient (Wildman–Crippen LogP) is 2.23. The first kappa shape index (κ1) is 12.2. The van der Waals surface area contributed by atoms with Gasteiger partial charge in [0.2, 0.25) is 0 Å². The van der Waals surface area contributed by atoms with E-state index in [4.69, 9.17) is 0 Å². The summed E-state index contributed by atoms with van der Waals surface area (Å²) in [5, 5.41) is 3.63. The lowest BCUT2D eigenvalue weighted by Crippen LogP contribution is -2.57. The summed E-state index contributed by atoms with van der Waals surface area (Å²) in [5.74, 6) is 0. The lowest BCUT2D eigenvalue weighted by molar-refractivity contribution is 0.113. The zero-order chi connectivity index (χ0) is 12.5. The molecule has 0 radical (unpaired) electrons. The molecule has 1 aromatic rings. The second-order valence-electron chi connectivity index (χ2n) is 6.09. The summed E-state index contributed by atoms with van der Waals surface area (Å²) in [6, 6.07) is 11.0. The quantitative estimate of drug-likeness (QED) is 0.815. The normalized spacial score (nSPS) is 33.1. The molecule has 0 saturated carbocycles. The van der Waals surface area contributed by atoms with Crippen LogP contribution in [0.2, 0.25) is 0 Å². The highest BCUT2D eigenvalue weighted by Gasteiger charge is 2.29. The maximum atomic E-state index is 3.63. The van der Waals surface area contributed by atoms with E-state index < -0.39 is 0 Å². The molecule has 3 unspecified atom stereocenters. The summed E-state index contributed by atoms with van der Waals surface area (Å²) in [6.07, 6.45) is 3.83. The molecule has 1 fully saturated rings. The zero-order valence-electron chi connectivity index (χ0n) is 11.5. The van der Waals surface area contributed by atoms with Crippen LogP contribution in [-0.4, -0.2) is 36.1 Å². The molecular formula is C16H24N2. The molecule has 2 heteroatoms. The van der Waals surface area contributed by atoms with Crippen molar-refractivity contribution >= 4 is 0 Å². The Morgan fingerprint density at radius 3 is 2.44 bits per heavy atom. The SMILES string of the molecule is CC1CN(C2CCc3ccccc3C2)CC(C)N1. The number of piperazine rings is 1. The van der Waals surface area contributed by atoms with Gasteiger partial charge in [0.05, 0.1) is 0 Å². The van der Waals surface area contributed by atoms with E-state index in [1.165, 1.54) is 32.4 Å². The molecule has 3 atom stereocenters. The van der Waals surface area contributed by atoms with Crippen molar-refractivity contribution in [1.82, 2.24) is 10.2 Å². The largest absolute Gasteiger partial charge is 0.309 e. The van der Waals surface area contributed by atoms with Crippen LogP contribution in [0.15, 0.2) is 24.3 Å². The van der Waals surface area contributed by atoms with Crippen molar-refractivity contribution in [3.05, 3.63) is 35.4 Å². The number of nitrogens with zero attached hydrogens (tertiary/aromatic N) is 1. The Hall–Kier alpha value is -0.860. The van der Waals surface area contributed by atoms with Crippen molar-refractivity contribution in [2.45, 2.75) is 51.2 Å². The Balaban J connectivity index is 1.72. The minimum absolute atomic E-state index is 0.630. The molecular weight excluding hydrogens is 220 g/mol. The van der Waals surface area contributed by atoms with Crippen molar-refractivity contribution in [1.29, 1.82) is 0 Å². The Morgan fingerprint density at radius 1 is 1.06 bits per heavy atom. The predicted molar refractivity (Wildman–Crippen MR) is 75.9 cm³/mol. The minimum atomic E-state index is 0.630. The average Bonchev–Trinajstić information content (AvgIpc) is 2.37. The van der Waals surface area contributed by atoms with Gasteiger partial charge in [-0.1, -0.05) is 24.3 Å². The van der Waals surface area contributed by atoms with Crippen LogP contribution in [0.4, 0.5) is 0 Å². The van der Waals surface area contributed by atoms with Crippen LogP contribution in [0.1, 0.15) is 31.4 Å². The van der Waals surface area contributed by atoms with Gasteiger partial charge in [0.1, 0.15) is 0 Å². The fourth-order valence-electron chi connectivity index (χ4n) is 3.66. The summed E-state index contributed by atoms with van der Waals surface area (Å²) in [5.41, 5.74) is 3.15. The molecule has 1 N–H and O–H groups in total. The number of benzene rings is 1. The first-order chi connectivity index (χ1) is 8.72. The van der Waals surface area contributed by atoms with Gasteiger partial charge in [-0.25, -0.2) is 0 Å². The van der Waals surface area contributed by atoms with Crippen LogP contribution < -0.4 is 5.32 Å². The van der Waals surface area contributed by atoms with E-state index in [1.54, 1.807) is 11.1 Å². The molecule has 98 valence electrons. The zero-order valence-corrected chi connectivity index (χ0v) is 11.5. The van der Waals surface area contributed by atoms with E-state index in [-0.39, 0.29) is 0 Å². The van der Waals surface area contributed by atoms with Gasteiger partial charge < -0.3 is 5.32 Å². The number of nitrogens with one attached hydrogen (secondary N) is 1. The molecule has 2 aliphatic rings. The Morgan fingerprint density at radius 2 is 1.72 bits per heavy atom. The number of aryl methyl sites for hydroxylation is 1. The summed E-state index contributed by atoms with van der Waals surface area (Å²) in [4.78, 5) is 2.71. The molecule has 1 saturated heterocycles. The van der Waals surface area contributed by atoms with Gasteiger partial charge in [-0.2, -0.15) is 0 Å². The molecule has 1 heterocycles.